The van der Waals surface area contributed by atoms with Gasteiger partial charge in [-0.1, -0.05) is 41.6 Å². The zero-order chi connectivity index (χ0) is 16.2. The Morgan fingerprint density at radius 2 is 1.96 bits per heavy atom. The monoisotopic (exact) mass is 328 g/mol. The van der Waals surface area contributed by atoms with Crippen LogP contribution in [0.2, 0.25) is 0 Å². The molecule has 0 atom stereocenters. The molecule has 0 saturated heterocycles. The summed E-state index contributed by atoms with van der Waals surface area (Å²) in [6.07, 6.45) is 0. The van der Waals surface area contributed by atoms with Crippen molar-refractivity contribution in [2.24, 2.45) is 0 Å². The topological polar surface area (TPSA) is 56.0 Å². The zero-order valence-electron chi connectivity index (χ0n) is 12.3. The highest BCUT2D eigenvalue weighted by Crippen LogP contribution is 2.24. The Hall–Kier alpha value is -2.47. The van der Waals surface area contributed by atoms with Gasteiger partial charge in [0.2, 0.25) is 5.89 Å². The van der Waals surface area contributed by atoms with Crippen molar-refractivity contribution in [2.45, 2.75) is 12.1 Å². The number of rotatable bonds is 5. The SMILES string of the molecule is Cc1ccc(-c2nnc(SCC(=O)c3cccc(F)c3)o2)cc1. The van der Waals surface area contributed by atoms with Crippen molar-refractivity contribution in [1.82, 2.24) is 10.2 Å². The molecule has 1 aromatic heterocycles. The second-order valence-electron chi connectivity index (χ2n) is 4.96. The summed E-state index contributed by atoms with van der Waals surface area (Å²) in [6, 6.07) is 13.3. The summed E-state index contributed by atoms with van der Waals surface area (Å²) in [5.74, 6) is -0.102. The summed E-state index contributed by atoms with van der Waals surface area (Å²) in [7, 11) is 0. The third-order valence-electron chi connectivity index (χ3n) is 3.18. The fraction of sp³-hybridized carbons (Fsp3) is 0.118. The Labute approximate surface area is 136 Å². The molecule has 0 N–H and O–H groups in total. The first-order valence-electron chi connectivity index (χ1n) is 6.94. The van der Waals surface area contributed by atoms with Crippen LogP contribution in [0.5, 0.6) is 0 Å². The fourth-order valence-corrected chi connectivity index (χ4v) is 2.61. The lowest BCUT2D eigenvalue weighted by Crippen LogP contribution is -2.02. The molecule has 0 saturated carbocycles. The van der Waals surface area contributed by atoms with Crippen LogP contribution in [0.4, 0.5) is 4.39 Å². The number of aromatic nitrogens is 2. The normalized spacial score (nSPS) is 10.7. The molecule has 0 fully saturated rings. The van der Waals surface area contributed by atoms with Crippen LogP contribution in [0, 0.1) is 12.7 Å². The van der Waals surface area contributed by atoms with E-state index < -0.39 is 5.82 Å². The molecule has 23 heavy (non-hydrogen) atoms. The molecule has 0 aliphatic carbocycles. The van der Waals surface area contributed by atoms with Crippen molar-refractivity contribution in [2.75, 3.05) is 5.75 Å². The van der Waals surface area contributed by atoms with Gasteiger partial charge in [0.05, 0.1) is 5.75 Å². The molecule has 3 aromatic rings. The number of aryl methyl sites for hydroxylation is 1. The third kappa shape index (κ3) is 3.84. The number of benzene rings is 2. The first-order chi connectivity index (χ1) is 11.1. The highest BCUT2D eigenvalue weighted by atomic mass is 32.2. The van der Waals surface area contributed by atoms with Crippen LogP contribution in [-0.4, -0.2) is 21.7 Å². The minimum atomic E-state index is -0.430. The largest absolute Gasteiger partial charge is 0.411 e. The van der Waals surface area contributed by atoms with Crippen molar-refractivity contribution in [3.05, 3.63) is 65.5 Å². The Morgan fingerprint density at radius 3 is 2.70 bits per heavy atom. The van der Waals surface area contributed by atoms with Crippen molar-refractivity contribution >= 4 is 17.5 Å². The molecule has 0 unspecified atom stereocenters. The lowest BCUT2D eigenvalue weighted by Gasteiger charge is -1.99. The molecule has 3 rings (SSSR count). The molecule has 0 radical (unpaired) electrons. The van der Waals surface area contributed by atoms with E-state index in [1.807, 2.05) is 31.2 Å². The Kier molecular flexibility index (Phi) is 4.52. The van der Waals surface area contributed by atoms with Gasteiger partial charge in [-0.05, 0) is 31.2 Å². The van der Waals surface area contributed by atoms with Gasteiger partial charge in [-0.25, -0.2) is 4.39 Å². The van der Waals surface area contributed by atoms with Gasteiger partial charge in [-0.15, -0.1) is 10.2 Å². The van der Waals surface area contributed by atoms with E-state index in [0.717, 1.165) is 22.9 Å². The molecule has 6 heteroatoms. The molecule has 0 aliphatic heterocycles. The number of nitrogens with zero attached hydrogens (tertiary/aromatic N) is 2. The van der Waals surface area contributed by atoms with Gasteiger partial charge in [-0.2, -0.15) is 0 Å². The van der Waals surface area contributed by atoms with Crippen molar-refractivity contribution < 1.29 is 13.6 Å². The minimum Gasteiger partial charge on any atom is -0.411 e. The van der Waals surface area contributed by atoms with E-state index in [9.17, 15) is 9.18 Å². The number of carbonyl (C=O) groups is 1. The van der Waals surface area contributed by atoms with Crippen LogP contribution in [0.15, 0.2) is 58.2 Å². The quantitative estimate of drug-likeness (QED) is 0.520. The summed E-state index contributed by atoms with van der Waals surface area (Å²) < 4.78 is 18.6. The standard InChI is InChI=1S/C17H13FN2O2S/c1-11-5-7-12(8-6-11)16-19-20-17(22-16)23-10-15(21)13-3-2-4-14(18)9-13/h2-9H,10H2,1H3. The molecule has 2 aromatic carbocycles. The van der Waals surface area contributed by atoms with Gasteiger partial charge in [0, 0.05) is 11.1 Å². The van der Waals surface area contributed by atoms with Crippen LogP contribution in [0.25, 0.3) is 11.5 Å². The highest BCUT2D eigenvalue weighted by molar-refractivity contribution is 7.99. The first-order valence-corrected chi connectivity index (χ1v) is 7.92. The average molecular weight is 328 g/mol. The zero-order valence-corrected chi connectivity index (χ0v) is 13.1. The Morgan fingerprint density at radius 1 is 1.17 bits per heavy atom. The van der Waals surface area contributed by atoms with E-state index in [4.69, 9.17) is 4.42 Å². The van der Waals surface area contributed by atoms with E-state index in [0.29, 0.717) is 16.7 Å². The van der Waals surface area contributed by atoms with Gasteiger partial charge in [0.15, 0.2) is 5.78 Å². The Balaban J connectivity index is 1.65. The van der Waals surface area contributed by atoms with E-state index in [1.54, 1.807) is 6.07 Å². The molecule has 0 spiro atoms. The molecule has 4 nitrogen and oxygen atoms in total. The maximum atomic E-state index is 13.1. The summed E-state index contributed by atoms with van der Waals surface area (Å²) in [5, 5.41) is 8.20. The molecule has 0 aliphatic rings. The van der Waals surface area contributed by atoms with Gasteiger partial charge >= 0.3 is 0 Å². The van der Waals surface area contributed by atoms with E-state index in [1.165, 1.54) is 18.2 Å². The molecular formula is C17H13FN2O2S. The predicted molar refractivity (Wildman–Crippen MR) is 85.9 cm³/mol. The lowest BCUT2D eigenvalue weighted by molar-refractivity contribution is 0.102. The molecule has 116 valence electrons. The number of hydrogen-bond acceptors (Lipinski definition) is 5. The molecule has 1 heterocycles. The van der Waals surface area contributed by atoms with Crippen molar-refractivity contribution in [3.63, 3.8) is 0 Å². The maximum absolute atomic E-state index is 13.1. The maximum Gasteiger partial charge on any atom is 0.277 e. The number of thioether (sulfide) groups is 1. The second kappa shape index (κ2) is 6.75. The van der Waals surface area contributed by atoms with Gasteiger partial charge < -0.3 is 4.42 Å². The van der Waals surface area contributed by atoms with E-state index in [2.05, 4.69) is 10.2 Å². The molecule has 0 amide bonds. The van der Waals surface area contributed by atoms with Gasteiger partial charge in [-0.3, -0.25) is 4.79 Å². The molecular weight excluding hydrogens is 315 g/mol. The summed E-state index contributed by atoms with van der Waals surface area (Å²) in [6.45, 7) is 2.00. The summed E-state index contributed by atoms with van der Waals surface area (Å²) in [4.78, 5) is 12.0. The smallest absolute Gasteiger partial charge is 0.277 e. The number of Topliss-reactive ketones (excluding diaryl/α,β-unsaturated/α-hetero) is 1. The third-order valence-corrected chi connectivity index (χ3v) is 4.00. The number of halogens is 1. The van der Waals surface area contributed by atoms with Crippen LogP contribution >= 0.6 is 11.8 Å². The van der Waals surface area contributed by atoms with Crippen LogP contribution in [0.3, 0.4) is 0 Å². The minimum absolute atomic E-state index is 0.110. The van der Waals surface area contributed by atoms with E-state index in [-0.39, 0.29) is 11.5 Å². The highest BCUT2D eigenvalue weighted by Gasteiger charge is 2.12. The number of carbonyl (C=O) groups excluding carboxylic acids is 1. The van der Waals surface area contributed by atoms with E-state index >= 15 is 0 Å². The summed E-state index contributed by atoms with van der Waals surface area (Å²) >= 11 is 1.14. The van der Waals surface area contributed by atoms with Crippen LogP contribution in [0.1, 0.15) is 15.9 Å². The average Bonchev–Trinajstić information content (AvgIpc) is 3.02. The Bertz CT molecular complexity index is 831. The van der Waals surface area contributed by atoms with Gasteiger partial charge in [0.25, 0.3) is 5.22 Å². The predicted octanol–water partition coefficient (Wildman–Crippen LogP) is 4.16. The molecule has 0 bridgehead atoms. The van der Waals surface area contributed by atoms with Crippen LogP contribution in [-0.2, 0) is 0 Å². The fourth-order valence-electron chi connectivity index (χ4n) is 1.95. The van der Waals surface area contributed by atoms with Crippen molar-refractivity contribution in [1.29, 1.82) is 0 Å². The number of ketones is 1. The van der Waals surface area contributed by atoms with Crippen molar-refractivity contribution in [3.8, 4) is 11.5 Å². The van der Waals surface area contributed by atoms with Gasteiger partial charge in [0.1, 0.15) is 5.82 Å². The first kappa shape index (κ1) is 15.4. The van der Waals surface area contributed by atoms with Crippen LogP contribution < -0.4 is 0 Å². The number of hydrogen-bond donors (Lipinski definition) is 0. The summed E-state index contributed by atoms with van der Waals surface area (Å²) in [5.41, 5.74) is 2.30. The second-order valence-corrected chi connectivity index (χ2v) is 5.89. The lowest BCUT2D eigenvalue weighted by atomic mass is 10.1.